The number of carbonyl (C=O) groups excluding carboxylic acids is 2. The van der Waals surface area contributed by atoms with Crippen LogP contribution in [0.1, 0.15) is 41.9 Å². The summed E-state index contributed by atoms with van der Waals surface area (Å²) in [6.07, 6.45) is 0.281. The Hall–Kier alpha value is -2.57. The first kappa shape index (κ1) is 22.1. The van der Waals surface area contributed by atoms with E-state index in [1.807, 2.05) is 6.92 Å². The summed E-state index contributed by atoms with van der Waals surface area (Å²) < 4.78 is 20.8. The zero-order valence-electron chi connectivity index (χ0n) is 16.6. The van der Waals surface area contributed by atoms with Gasteiger partial charge < -0.3 is 9.84 Å². The van der Waals surface area contributed by atoms with Gasteiger partial charge in [0.2, 0.25) is 0 Å². The van der Waals surface area contributed by atoms with Crippen molar-refractivity contribution >= 4 is 46.0 Å². The van der Waals surface area contributed by atoms with E-state index in [9.17, 15) is 19.1 Å². The van der Waals surface area contributed by atoms with E-state index >= 15 is 0 Å². The highest BCUT2D eigenvalue weighted by atomic mass is 35.5. The number of halogens is 3. The van der Waals surface area contributed by atoms with Gasteiger partial charge in [0.1, 0.15) is 0 Å². The summed E-state index contributed by atoms with van der Waals surface area (Å²) in [6, 6.07) is 6.70. The predicted molar refractivity (Wildman–Crippen MR) is 114 cm³/mol. The van der Waals surface area contributed by atoms with Gasteiger partial charge in [0.15, 0.2) is 11.6 Å². The first-order chi connectivity index (χ1) is 14.1. The zero-order chi connectivity index (χ0) is 22.2. The van der Waals surface area contributed by atoms with Crippen LogP contribution in [-0.2, 0) is 16.0 Å². The van der Waals surface area contributed by atoms with Crippen molar-refractivity contribution in [3.05, 3.63) is 63.0 Å². The lowest BCUT2D eigenvalue weighted by Gasteiger charge is -2.11. The highest BCUT2D eigenvalue weighted by Gasteiger charge is 2.24. The molecular formula is C22H20Cl2FNO4. The second kappa shape index (κ2) is 8.66. The number of fused-ring (bicyclic) bond motifs is 1. The van der Waals surface area contributed by atoms with Crippen LogP contribution >= 0.6 is 23.2 Å². The zero-order valence-corrected chi connectivity index (χ0v) is 18.1. The normalized spacial score (nSPS) is 12.2. The monoisotopic (exact) mass is 451 g/mol. The van der Waals surface area contributed by atoms with Crippen LogP contribution < -0.4 is 0 Å². The van der Waals surface area contributed by atoms with Gasteiger partial charge in [-0.05, 0) is 50.1 Å². The minimum atomic E-state index is -0.878. The molecule has 0 spiro atoms. The maximum Gasteiger partial charge on any atom is 0.310 e. The van der Waals surface area contributed by atoms with Gasteiger partial charge >= 0.3 is 5.97 Å². The fourth-order valence-electron chi connectivity index (χ4n) is 3.23. The van der Waals surface area contributed by atoms with Crippen LogP contribution in [-0.4, -0.2) is 27.7 Å². The van der Waals surface area contributed by atoms with Gasteiger partial charge in [-0.15, -0.1) is 0 Å². The molecule has 5 nitrogen and oxygen atoms in total. The van der Waals surface area contributed by atoms with Crippen molar-refractivity contribution in [1.82, 2.24) is 4.57 Å². The summed E-state index contributed by atoms with van der Waals surface area (Å²) in [7, 11) is 0. The molecule has 1 atom stereocenters. The average molecular weight is 452 g/mol. The van der Waals surface area contributed by atoms with Gasteiger partial charge in [-0.2, -0.15) is 0 Å². The second-order valence-electron chi connectivity index (χ2n) is 7.04. The number of ether oxygens (including phenoxy) is 1. The molecule has 0 aliphatic heterocycles. The first-order valence-corrected chi connectivity index (χ1v) is 10.1. The van der Waals surface area contributed by atoms with Crippen molar-refractivity contribution in [2.45, 2.75) is 39.7 Å². The molecule has 158 valence electrons. The van der Waals surface area contributed by atoms with Gasteiger partial charge in [-0.1, -0.05) is 30.1 Å². The largest absolute Gasteiger partial charge is 0.505 e. The number of benzene rings is 2. The molecule has 0 aliphatic carbocycles. The number of phenols is 1. The van der Waals surface area contributed by atoms with Gasteiger partial charge in [0.05, 0.1) is 28.1 Å². The van der Waals surface area contributed by atoms with Crippen molar-refractivity contribution < 1.29 is 23.8 Å². The summed E-state index contributed by atoms with van der Waals surface area (Å²) in [5.74, 6) is -2.39. The third kappa shape index (κ3) is 4.16. The molecule has 8 heteroatoms. The van der Waals surface area contributed by atoms with Crippen molar-refractivity contribution in [3.63, 3.8) is 0 Å². The molecule has 1 heterocycles. The molecule has 2 aromatic carbocycles. The highest BCUT2D eigenvalue weighted by Crippen LogP contribution is 2.33. The molecule has 0 amide bonds. The molecule has 0 bridgehead atoms. The van der Waals surface area contributed by atoms with E-state index in [0.29, 0.717) is 28.1 Å². The smallest absolute Gasteiger partial charge is 0.310 e. The predicted octanol–water partition coefficient (Wildman–Crippen LogP) is 5.67. The van der Waals surface area contributed by atoms with Crippen LogP contribution in [0.25, 0.3) is 10.9 Å². The molecule has 0 fully saturated rings. The number of esters is 1. The molecule has 0 radical (unpaired) electrons. The number of aromatic nitrogens is 1. The number of phenolic OH excluding ortho intramolecular Hbond substituents is 1. The van der Waals surface area contributed by atoms with E-state index < -0.39 is 23.4 Å². The Morgan fingerprint density at radius 1 is 1.20 bits per heavy atom. The number of nitrogens with zero attached hydrogens (tertiary/aromatic N) is 1. The lowest BCUT2D eigenvalue weighted by molar-refractivity contribution is -0.147. The summed E-state index contributed by atoms with van der Waals surface area (Å²) in [6.45, 7) is 5.32. The van der Waals surface area contributed by atoms with Crippen LogP contribution in [0.2, 0.25) is 10.0 Å². The lowest BCUT2D eigenvalue weighted by Crippen LogP contribution is -2.17. The van der Waals surface area contributed by atoms with Gasteiger partial charge in [0, 0.05) is 22.7 Å². The number of rotatable bonds is 5. The molecule has 0 saturated heterocycles. The van der Waals surface area contributed by atoms with Crippen LogP contribution in [0.3, 0.4) is 0 Å². The van der Waals surface area contributed by atoms with Crippen LogP contribution in [0.15, 0.2) is 30.3 Å². The minimum absolute atomic E-state index is 0.126. The Kier molecular flexibility index (Phi) is 6.38. The van der Waals surface area contributed by atoms with Crippen LogP contribution in [0, 0.1) is 12.7 Å². The van der Waals surface area contributed by atoms with Crippen LogP contribution in [0.4, 0.5) is 4.39 Å². The average Bonchev–Trinajstić information content (AvgIpc) is 2.94. The second-order valence-corrected chi connectivity index (χ2v) is 7.85. The first-order valence-electron chi connectivity index (χ1n) is 9.35. The molecule has 1 aromatic heterocycles. The maximum atomic E-state index is 14.1. The topological polar surface area (TPSA) is 68.5 Å². The number of carbonyl (C=O) groups is 2. The van der Waals surface area contributed by atoms with Crippen molar-refractivity contribution in [2.24, 2.45) is 0 Å². The standard InChI is InChI=1S/C22H20Cl2FNO4/c1-4-11(2)30-21(28)9-14-12(3)26(19-10-18(25)20(27)8-15(14)19)22(29)13-5-6-16(23)17(24)7-13/h5-8,10-11,27H,4,9H2,1-3H3/t11-/m1/s1. The summed E-state index contributed by atoms with van der Waals surface area (Å²) in [4.78, 5) is 25.6. The van der Waals surface area contributed by atoms with E-state index in [1.54, 1.807) is 13.8 Å². The van der Waals surface area contributed by atoms with E-state index in [4.69, 9.17) is 27.9 Å². The molecule has 0 aliphatic rings. The minimum Gasteiger partial charge on any atom is -0.505 e. The SMILES string of the molecule is CC[C@@H](C)OC(=O)Cc1c(C)n(C(=O)c2ccc(Cl)c(Cl)c2)c2cc(F)c(O)cc12. The van der Waals surface area contributed by atoms with E-state index in [1.165, 1.54) is 28.8 Å². The van der Waals surface area contributed by atoms with E-state index in [2.05, 4.69) is 0 Å². The lowest BCUT2D eigenvalue weighted by atomic mass is 10.1. The molecule has 1 N–H and O–H groups in total. The van der Waals surface area contributed by atoms with E-state index in [0.717, 1.165) is 6.07 Å². The van der Waals surface area contributed by atoms with Crippen molar-refractivity contribution in [2.75, 3.05) is 0 Å². The quantitative estimate of drug-likeness (QED) is 0.507. The Labute approximate surface area is 183 Å². The number of hydrogen-bond donors (Lipinski definition) is 1. The highest BCUT2D eigenvalue weighted by molar-refractivity contribution is 6.42. The van der Waals surface area contributed by atoms with Crippen LogP contribution in [0.5, 0.6) is 5.75 Å². The molecular weight excluding hydrogens is 432 g/mol. The maximum absolute atomic E-state index is 14.1. The summed E-state index contributed by atoms with van der Waals surface area (Å²) >= 11 is 12.0. The number of hydrogen-bond acceptors (Lipinski definition) is 4. The molecule has 0 saturated carbocycles. The Morgan fingerprint density at radius 2 is 1.90 bits per heavy atom. The Bertz CT molecular complexity index is 1160. The fourth-order valence-corrected chi connectivity index (χ4v) is 3.52. The molecule has 3 rings (SSSR count). The van der Waals surface area contributed by atoms with E-state index in [-0.39, 0.29) is 28.6 Å². The van der Waals surface area contributed by atoms with Gasteiger partial charge in [-0.3, -0.25) is 14.2 Å². The third-order valence-electron chi connectivity index (χ3n) is 5.00. The third-order valence-corrected chi connectivity index (χ3v) is 5.74. The van der Waals surface area contributed by atoms with Crippen molar-refractivity contribution in [1.29, 1.82) is 0 Å². The Balaban J connectivity index is 2.15. The van der Waals surface area contributed by atoms with Gasteiger partial charge in [-0.25, -0.2) is 4.39 Å². The number of aromatic hydroxyl groups is 1. The molecule has 0 unspecified atom stereocenters. The molecule has 30 heavy (non-hydrogen) atoms. The van der Waals surface area contributed by atoms with Gasteiger partial charge in [0.25, 0.3) is 5.91 Å². The van der Waals surface area contributed by atoms with Crippen molar-refractivity contribution in [3.8, 4) is 5.75 Å². The Morgan fingerprint density at radius 3 is 2.53 bits per heavy atom. The summed E-state index contributed by atoms with van der Waals surface area (Å²) in [5, 5.41) is 10.8. The fraction of sp³-hybridized carbons (Fsp3) is 0.273. The molecule has 3 aromatic rings. The summed E-state index contributed by atoms with van der Waals surface area (Å²) in [5.41, 5.74) is 1.38.